The average Bonchev–Trinajstić information content (AvgIpc) is 2.27. The van der Waals surface area contributed by atoms with Crippen LogP contribution in [-0.2, 0) is 4.79 Å². The SMILES string of the molecule is C[C@@H]1[C@H]2CCC[C@H](C2=O)[C@]2(O)CCCC[C@@H]12. The van der Waals surface area contributed by atoms with Crippen LogP contribution < -0.4 is 0 Å². The van der Waals surface area contributed by atoms with Crippen molar-refractivity contribution in [3.05, 3.63) is 0 Å². The van der Waals surface area contributed by atoms with Crippen LogP contribution in [0.5, 0.6) is 0 Å². The van der Waals surface area contributed by atoms with E-state index in [-0.39, 0.29) is 11.8 Å². The zero-order valence-electron chi connectivity index (χ0n) is 10.1. The van der Waals surface area contributed by atoms with E-state index in [4.69, 9.17) is 0 Å². The van der Waals surface area contributed by atoms with Gasteiger partial charge >= 0.3 is 0 Å². The number of fused-ring (bicyclic) bond motifs is 4. The summed E-state index contributed by atoms with van der Waals surface area (Å²) >= 11 is 0. The third-order valence-corrected chi connectivity index (χ3v) is 5.57. The van der Waals surface area contributed by atoms with Gasteiger partial charge in [0.05, 0.1) is 5.60 Å². The molecule has 0 aromatic carbocycles. The predicted molar refractivity (Wildman–Crippen MR) is 61.9 cm³/mol. The maximum Gasteiger partial charge on any atom is 0.142 e. The molecule has 0 aromatic rings. The Kier molecular flexibility index (Phi) is 2.39. The van der Waals surface area contributed by atoms with E-state index in [9.17, 15) is 9.90 Å². The van der Waals surface area contributed by atoms with Crippen molar-refractivity contribution < 1.29 is 9.90 Å². The first-order valence-electron chi connectivity index (χ1n) is 6.90. The maximum atomic E-state index is 12.3. The highest BCUT2D eigenvalue weighted by atomic mass is 16.3. The molecule has 3 saturated carbocycles. The van der Waals surface area contributed by atoms with Crippen molar-refractivity contribution in [3.8, 4) is 0 Å². The molecular weight excluding hydrogens is 200 g/mol. The normalized spacial score (nSPS) is 52.2. The Morgan fingerprint density at radius 2 is 2.00 bits per heavy atom. The lowest BCUT2D eigenvalue weighted by atomic mass is 9.51. The van der Waals surface area contributed by atoms with Crippen LogP contribution in [0.4, 0.5) is 0 Å². The molecule has 2 bridgehead atoms. The van der Waals surface area contributed by atoms with E-state index in [2.05, 4.69) is 6.92 Å². The molecule has 90 valence electrons. The van der Waals surface area contributed by atoms with Crippen LogP contribution in [0.1, 0.15) is 51.9 Å². The second kappa shape index (κ2) is 3.56. The van der Waals surface area contributed by atoms with Gasteiger partial charge in [-0.1, -0.05) is 26.2 Å². The molecule has 0 heterocycles. The summed E-state index contributed by atoms with van der Waals surface area (Å²) in [7, 11) is 0. The van der Waals surface area contributed by atoms with Crippen molar-refractivity contribution in [1.82, 2.24) is 0 Å². The highest BCUT2D eigenvalue weighted by Gasteiger charge is 2.58. The van der Waals surface area contributed by atoms with Gasteiger partial charge in [-0.25, -0.2) is 0 Å². The predicted octanol–water partition coefficient (Wildman–Crippen LogP) is 2.54. The zero-order valence-corrected chi connectivity index (χ0v) is 10.1. The van der Waals surface area contributed by atoms with Crippen LogP contribution in [0.25, 0.3) is 0 Å². The maximum absolute atomic E-state index is 12.3. The summed E-state index contributed by atoms with van der Waals surface area (Å²) in [5.41, 5.74) is -0.633. The quantitative estimate of drug-likeness (QED) is 0.684. The lowest BCUT2D eigenvalue weighted by molar-refractivity contribution is -0.179. The van der Waals surface area contributed by atoms with Crippen LogP contribution in [0.3, 0.4) is 0 Å². The molecule has 2 heteroatoms. The molecule has 0 saturated heterocycles. The smallest absolute Gasteiger partial charge is 0.142 e. The second-order valence-corrected chi connectivity index (χ2v) is 6.19. The van der Waals surface area contributed by atoms with Gasteiger partial charge in [0.2, 0.25) is 0 Å². The summed E-state index contributed by atoms with van der Waals surface area (Å²) in [5, 5.41) is 10.9. The molecule has 0 radical (unpaired) electrons. The summed E-state index contributed by atoms with van der Waals surface area (Å²) in [6, 6.07) is 0. The molecule has 3 aliphatic carbocycles. The summed E-state index contributed by atoms with van der Waals surface area (Å²) in [4.78, 5) is 12.3. The van der Waals surface area contributed by atoms with Crippen molar-refractivity contribution in [2.24, 2.45) is 23.7 Å². The number of hydrogen-bond donors (Lipinski definition) is 1. The summed E-state index contributed by atoms with van der Waals surface area (Å²) < 4.78 is 0. The monoisotopic (exact) mass is 222 g/mol. The molecule has 3 fully saturated rings. The molecule has 0 amide bonds. The number of ketones is 1. The van der Waals surface area contributed by atoms with Crippen molar-refractivity contribution in [3.63, 3.8) is 0 Å². The molecule has 0 aromatic heterocycles. The summed E-state index contributed by atoms with van der Waals surface area (Å²) in [6.07, 6.45) is 7.50. The van der Waals surface area contributed by atoms with Gasteiger partial charge in [0.25, 0.3) is 0 Å². The van der Waals surface area contributed by atoms with E-state index in [0.717, 1.165) is 38.5 Å². The lowest BCUT2D eigenvalue weighted by Crippen LogP contribution is -2.61. The van der Waals surface area contributed by atoms with Gasteiger partial charge < -0.3 is 5.11 Å². The van der Waals surface area contributed by atoms with E-state index >= 15 is 0 Å². The average molecular weight is 222 g/mol. The Morgan fingerprint density at radius 1 is 1.19 bits per heavy atom. The van der Waals surface area contributed by atoms with Gasteiger partial charge in [0.15, 0.2) is 0 Å². The van der Waals surface area contributed by atoms with Crippen LogP contribution in [0.2, 0.25) is 0 Å². The summed E-state index contributed by atoms with van der Waals surface area (Å²) in [6.45, 7) is 2.20. The number of Topliss-reactive ketones (excluding diaryl/α,β-unsaturated/α-hetero) is 1. The molecule has 3 aliphatic rings. The fraction of sp³-hybridized carbons (Fsp3) is 0.929. The largest absolute Gasteiger partial charge is 0.389 e. The van der Waals surface area contributed by atoms with E-state index in [1.807, 2.05) is 0 Å². The number of aliphatic hydroxyl groups is 1. The number of carbonyl (C=O) groups excluding carboxylic acids is 1. The first-order valence-corrected chi connectivity index (χ1v) is 6.90. The molecule has 5 atom stereocenters. The molecule has 2 nitrogen and oxygen atoms in total. The minimum atomic E-state index is -0.633. The van der Waals surface area contributed by atoms with Crippen molar-refractivity contribution in [1.29, 1.82) is 0 Å². The first kappa shape index (κ1) is 10.8. The minimum Gasteiger partial charge on any atom is -0.389 e. The Bertz CT molecular complexity index is 312. The van der Waals surface area contributed by atoms with Gasteiger partial charge in [-0.05, 0) is 37.5 Å². The molecule has 3 rings (SSSR count). The van der Waals surface area contributed by atoms with Gasteiger partial charge in [-0.3, -0.25) is 4.79 Å². The third-order valence-electron chi connectivity index (χ3n) is 5.57. The molecule has 1 N–H and O–H groups in total. The van der Waals surface area contributed by atoms with Crippen LogP contribution in [0, 0.1) is 23.7 Å². The topological polar surface area (TPSA) is 37.3 Å². The van der Waals surface area contributed by atoms with E-state index in [1.54, 1.807) is 0 Å². The Hall–Kier alpha value is -0.370. The Balaban J connectivity index is 2.00. The first-order chi connectivity index (χ1) is 7.64. The van der Waals surface area contributed by atoms with Crippen LogP contribution in [0.15, 0.2) is 0 Å². The number of hydrogen-bond acceptors (Lipinski definition) is 2. The molecule has 0 aliphatic heterocycles. The van der Waals surface area contributed by atoms with Crippen molar-refractivity contribution in [2.75, 3.05) is 0 Å². The minimum absolute atomic E-state index is 0.0206. The fourth-order valence-corrected chi connectivity index (χ4v) is 4.74. The standard InChI is InChI=1S/C14H22O2/c1-9-10-5-4-7-12(13(10)15)14(16)8-3-2-6-11(9)14/h9-12,16H,2-8H2,1H3/t9-,10-,11+,12-,14+/m1/s1. The van der Waals surface area contributed by atoms with E-state index in [1.165, 1.54) is 6.42 Å². The Morgan fingerprint density at radius 3 is 2.81 bits per heavy atom. The second-order valence-electron chi connectivity index (χ2n) is 6.19. The number of rotatable bonds is 0. The molecule has 16 heavy (non-hydrogen) atoms. The van der Waals surface area contributed by atoms with Crippen molar-refractivity contribution in [2.45, 2.75) is 57.5 Å². The third kappa shape index (κ3) is 1.25. The number of carbonyl (C=O) groups is 1. The lowest BCUT2D eigenvalue weighted by Gasteiger charge is -2.55. The highest BCUT2D eigenvalue weighted by molar-refractivity contribution is 5.86. The van der Waals surface area contributed by atoms with Gasteiger partial charge in [0, 0.05) is 11.8 Å². The van der Waals surface area contributed by atoms with Crippen LogP contribution in [-0.4, -0.2) is 16.5 Å². The van der Waals surface area contributed by atoms with Gasteiger partial charge in [0.1, 0.15) is 5.78 Å². The van der Waals surface area contributed by atoms with Gasteiger partial charge in [-0.2, -0.15) is 0 Å². The Labute approximate surface area is 97.4 Å². The molecular formula is C14H22O2. The van der Waals surface area contributed by atoms with Crippen LogP contribution >= 0.6 is 0 Å². The fourth-order valence-electron chi connectivity index (χ4n) is 4.74. The van der Waals surface area contributed by atoms with E-state index < -0.39 is 5.60 Å². The molecule has 0 spiro atoms. The summed E-state index contributed by atoms with van der Waals surface area (Å²) in [5.74, 6) is 1.44. The van der Waals surface area contributed by atoms with Crippen molar-refractivity contribution >= 4 is 5.78 Å². The van der Waals surface area contributed by atoms with E-state index in [0.29, 0.717) is 17.6 Å². The van der Waals surface area contributed by atoms with Gasteiger partial charge in [-0.15, -0.1) is 0 Å². The molecule has 0 unspecified atom stereocenters. The zero-order chi connectivity index (χ0) is 11.3. The highest BCUT2D eigenvalue weighted by Crippen LogP contribution is 2.54.